The van der Waals surface area contributed by atoms with Crippen molar-refractivity contribution in [3.8, 4) is 0 Å². The fourth-order valence-electron chi connectivity index (χ4n) is 1.77. The van der Waals surface area contributed by atoms with Crippen molar-refractivity contribution in [2.24, 2.45) is 0 Å². The zero-order valence-corrected chi connectivity index (χ0v) is 12.7. The lowest BCUT2D eigenvalue weighted by molar-refractivity contribution is 1.06. The Balaban J connectivity index is 2.86. The molecule has 15 heavy (non-hydrogen) atoms. The molecule has 1 aromatic rings. The van der Waals surface area contributed by atoms with Crippen LogP contribution < -0.4 is 0 Å². The maximum absolute atomic E-state index is 2.81. The molecule has 0 spiro atoms. The van der Waals surface area contributed by atoms with Crippen LogP contribution in [0.25, 0.3) is 0 Å². The second-order valence-corrected chi connectivity index (χ2v) is 5.51. The van der Waals surface area contributed by atoms with Gasteiger partial charge in [0.1, 0.15) is 0 Å². The summed E-state index contributed by atoms with van der Waals surface area (Å²) in [5.41, 5.74) is 4.48. The maximum atomic E-state index is 2.81. The number of aryl methyl sites for hydroxylation is 3. The highest BCUT2D eigenvalue weighted by atomic mass is 31.0. The Hall–Kier alpha value is 0.510. The smallest absolute Gasteiger partial charge is 0.0244 e. The second kappa shape index (κ2) is 7.73. The van der Waals surface area contributed by atoms with Crippen LogP contribution in [0.1, 0.15) is 16.7 Å². The fourth-order valence-corrected chi connectivity index (χ4v) is 2.77. The van der Waals surface area contributed by atoms with Crippen molar-refractivity contribution in [3.63, 3.8) is 0 Å². The van der Waals surface area contributed by atoms with Gasteiger partial charge in [0.2, 0.25) is 0 Å². The molecule has 0 aromatic heterocycles. The van der Waals surface area contributed by atoms with Crippen molar-refractivity contribution in [1.82, 2.24) is 0 Å². The van der Waals surface area contributed by atoms with Crippen molar-refractivity contribution in [1.29, 1.82) is 0 Å². The molecule has 0 radical (unpaired) electrons. The van der Waals surface area contributed by atoms with Crippen molar-refractivity contribution in [3.05, 3.63) is 34.9 Å². The van der Waals surface area contributed by atoms with E-state index in [0.29, 0.717) is 0 Å². The van der Waals surface area contributed by atoms with Gasteiger partial charge in [0.25, 0.3) is 0 Å². The Kier molecular flexibility index (Phi) is 7.00. The summed E-state index contributed by atoms with van der Waals surface area (Å²) in [6.45, 7) is 0. The molecule has 3 atom stereocenters. The first-order valence-electron chi connectivity index (χ1n) is 5.52. The van der Waals surface area contributed by atoms with E-state index in [-0.39, 0.29) is 0 Å². The van der Waals surface area contributed by atoms with Crippen molar-refractivity contribution in [2.75, 3.05) is 18.5 Å². The topological polar surface area (TPSA) is 0 Å². The Bertz CT molecular complexity index is 237. The first kappa shape index (κ1) is 13.6. The normalized spacial score (nSPS) is 10.6. The van der Waals surface area contributed by atoms with Crippen molar-refractivity contribution in [2.45, 2.75) is 19.3 Å². The molecule has 1 aromatic carbocycles. The molecule has 0 heterocycles. The largest absolute Gasteiger partial charge is 0.137 e. The summed E-state index contributed by atoms with van der Waals surface area (Å²) in [5, 5.41) is 0. The van der Waals surface area contributed by atoms with Crippen LogP contribution in [0.2, 0.25) is 0 Å². The number of rotatable bonds is 6. The highest BCUT2D eigenvalue weighted by Crippen LogP contribution is 2.14. The molecular weight excluding hydrogens is 237 g/mol. The third-order valence-electron chi connectivity index (χ3n) is 2.41. The van der Waals surface area contributed by atoms with Crippen molar-refractivity contribution >= 4 is 27.7 Å². The fraction of sp³-hybridized carbons (Fsp3) is 0.500. The van der Waals surface area contributed by atoms with Crippen molar-refractivity contribution < 1.29 is 0 Å². The van der Waals surface area contributed by atoms with Gasteiger partial charge < -0.3 is 0 Å². The van der Waals surface area contributed by atoms with E-state index in [1.807, 2.05) is 0 Å². The predicted molar refractivity (Wildman–Crippen MR) is 81.3 cm³/mol. The monoisotopic (exact) mass is 258 g/mol. The minimum Gasteiger partial charge on any atom is -0.137 e. The van der Waals surface area contributed by atoms with Gasteiger partial charge in [-0.3, -0.25) is 0 Å². The lowest BCUT2D eigenvalue weighted by Gasteiger charge is -2.08. The number of benzene rings is 1. The molecule has 0 aliphatic carbocycles. The lowest BCUT2D eigenvalue weighted by atomic mass is 10.0. The van der Waals surface area contributed by atoms with Crippen LogP contribution >= 0.6 is 27.7 Å². The van der Waals surface area contributed by atoms with E-state index in [1.165, 1.54) is 36.0 Å². The predicted octanol–water partition coefficient (Wildman–Crippen LogP) is 2.94. The van der Waals surface area contributed by atoms with Gasteiger partial charge in [0.05, 0.1) is 0 Å². The summed E-state index contributed by atoms with van der Waals surface area (Å²) >= 11 is 0. The molecule has 0 saturated heterocycles. The molecule has 0 amide bonds. The van der Waals surface area contributed by atoms with E-state index in [1.54, 1.807) is 0 Å². The molecule has 0 aliphatic heterocycles. The van der Waals surface area contributed by atoms with Crippen LogP contribution in [0.15, 0.2) is 18.2 Å². The zero-order chi connectivity index (χ0) is 11.1. The van der Waals surface area contributed by atoms with Crippen LogP contribution in [0.5, 0.6) is 0 Å². The third kappa shape index (κ3) is 4.91. The standard InChI is InChI=1S/C12H21P3/c13-4-1-10-7-11(2-5-14)9-12(8-10)3-6-15/h7-9H,1-6,13-15H2. The number of hydrogen-bond acceptors (Lipinski definition) is 0. The summed E-state index contributed by atoms with van der Waals surface area (Å²) in [5.74, 6) is 0. The van der Waals surface area contributed by atoms with Crippen LogP contribution in [0.3, 0.4) is 0 Å². The SMILES string of the molecule is PCCc1cc(CCP)cc(CCP)c1. The summed E-state index contributed by atoms with van der Waals surface area (Å²) < 4.78 is 0. The van der Waals surface area contributed by atoms with Crippen LogP contribution in [0, 0.1) is 0 Å². The average Bonchev–Trinajstić information content (AvgIpc) is 2.19. The third-order valence-corrected chi connectivity index (χ3v) is 3.28. The van der Waals surface area contributed by atoms with Crippen LogP contribution in [-0.4, -0.2) is 18.5 Å². The molecule has 0 bridgehead atoms. The molecule has 0 fully saturated rings. The Labute approximate surface area is 101 Å². The van der Waals surface area contributed by atoms with Crippen LogP contribution in [0.4, 0.5) is 0 Å². The van der Waals surface area contributed by atoms with Gasteiger partial charge in [-0.2, -0.15) is 0 Å². The highest BCUT2D eigenvalue weighted by molar-refractivity contribution is 7.16. The minimum absolute atomic E-state index is 1.16. The van der Waals surface area contributed by atoms with Gasteiger partial charge >= 0.3 is 0 Å². The lowest BCUT2D eigenvalue weighted by Crippen LogP contribution is -1.96. The molecule has 0 saturated carbocycles. The maximum Gasteiger partial charge on any atom is -0.0244 e. The quantitative estimate of drug-likeness (QED) is 0.688. The van der Waals surface area contributed by atoms with E-state index >= 15 is 0 Å². The molecule has 3 heteroatoms. The highest BCUT2D eigenvalue weighted by Gasteiger charge is 2.00. The molecular formula is C12H21P3. The van der Waals surface area contributed by atoms with Gasteiger partial charge in [0.15, 0.2) is 0 Å². The minimum atomic E-state index is 1.16. The summed E-state index contributed by atoms with van der Waals surface area (Å²) in [7, 11) is 8.42. The van der Waals surface area contributed by atoms with Gasteiger partial charge in [-0.1, -0.05) is 18.2 Å². The molecule has 0 N–H and O–H groups in total. The van der Waals surface area contributed by atoms with Gasteiger partial charge in [-0.15, -0.1) is 27.7 Å². The molecule has 3 unspecified atom stereocenters. The molecule has 1 rings (SSSR count). The van der Waals surface area contributed by atoms with Crippen LogP contribution in [-0.2, 0) is 19.3 Å². The Morgan fingerprint density at radius 1 is 0.600 bits per heavy atom. The van der Waals surface area contributed by atoms with Gasteiger partial charge in [-0.25, -0.2) is 0 Å². The first-order valence-corrected chi connectivity index (χ1v) is 7.97. The summed E-state index contributed by atoms with van der Waals surface area (Å²) in [4.78, 5) is 0. The van der Waals surface area contributed by atoms with E-state index in [0.717, 1.165) is 18.5 Å². The molecule has 0 aliphatic rings. The first-order chi connectivity index (χ1) is 7.30. The second-order valence-electron chi connectivity index (χ2n) is 3.77. The average molecular weight is 258 g/mol. The Morgan fingerprint density at radius 3 is 1.07 bits per heavy atom. The van der Waals surface area contributed by atoms with Gasteiger partial charge in [-0.05, 0) is 54.4 Å². The Morgan fingerprint density at radius 2 is 0.867 bits per heavy atom. The van der Waals surface area contributed by atoms with E-state index < -0.39 is 0 Å². The summed E-state index contributed by atoms with van der Waals surface area (Å²) in [6, 6.07) is 7.08. The molecule has 0 nitrogen and oxygen atoms in total. The van der Waals surface area contributed by atoms with E-state index in [4.69, 9.17) is 0 Å². The molecule has 84 valence electrons. The van der Waals surface area contributed by atoms with E-state index in [2.05, 4.69) is 45.9 Å². The van der Waals surface area contributed by atoms with E-state index in [9.17, 15) is 0 Å². The number of hydrogen-bond donors (Lipinski definition) is 0. The van der Waals surface area contributed by atoms with Gasteiger partial charge in [0, 0.05) is 0 Å². The zero-order valence-electron chi connectivity index (χ0n) is 9.21. The summed E-state index contributed by atoms with van der Waals surface area (Å²) in [6.07, 6.45) is 7.01.